The third kappa shape index (κ3) is 2.48. The van der Waals surface area contributed by atoms with E-state index in [1.165, 1.54) is 13.0 Å². The largest absolute Gasteiger partial charge is 0.506 e. The van der Waals surface area contributed by atoms with Gasteiger partial charge in [0.15, 0.2) is 0 Å². The van der Waals surface area contributed by atoms with Crippen LogP contribution in [0.25, 0.3) is 0 Å². The zero-order valence-electron chi connectivity index (χ0n) is 8.30. The molecule has 1 rings (SSSR count). The van der Waals surface area contributed by atoms with E-state index in [0.717, 1.165) is 0 Å². The molecular formula is C10H13BrFNO2. The molecule has 0 spiro atoms. The smallest absolute Gasteiger partial charge is 0.136 e. The molecule has 0 radical (unpaired) electrons. The quantitative estimate of drug-likeness (QED) is 0.792. The maximum absolute atomic E-state index is 13.3. The minimum Gasteiger partial charge on any atom is -0.506 e. The molecule has 4 N–H and O–H groups in total. The van der Waals surface area contributed by atoms with E-state index < -0.39 is 11.9 Å². The summed E-state index contributed by atoms with van der Waals surface area (Å²) in [4.78, 5) is 0. The predicted octanol–water partition coefficient (Wildman–Crippen LogP) is 1.98. The fraction of sp³-hybridized carbons (Fsp3) is 0.400. The van der Waals surface area contributed by atoms with Crippen molar-refractivity contribution in [3.8, 4) is 5.75 Å². The highest BCUT2D eigenvalue weighted by atomic mass is 79.9. The van der Waals surface area contributed by atoms with Gasteiger partial charge in [0.2, 0.25) is 0 Å². The van der Waals surface area contributed by atoms with Gasteiger partial charge in [-0.2, -0.15) is 0 Å². The molecule has 84 valence electrons. The normalized spacial score (nSPS) is 12.9. The molecule has 0 saturated heterocycles. The van der Waals surface area contributed by atoms with Crippen molar-refractivity contribution in [2.75, 3.05) is 6.54 Å². The first-order valence-corrected chi connectivity index (χ1v) is 5.34. The third-order valence-electron chi connectivity index (χ3n) is 2.27. The van der Waals surface area contributed by atoms with Gasteiger partial charge in [-0.25, -0.2) is 4.39 Å². The van der Waals surface area contributed by atoms with Crippen LogP contribution in [0.5, 0.6) is 5.75 Å². The Morgan fingerprint density at radius 3 is 2.73 bits per heavy atom. The van der Waals surface area contributed by atoms with E-state index in [1.54, 1.807) is 0 Å². The third-order valence-corrected chi connectivity index (χ3v) is 2.87. The molecule has 0 aliphatic heterocycles. The molecule has 0 saturated carbocycles. The van der Waals surface area contributed by atoms with Crippen LogP contribution in [0.4, 0.5) is 4.39 Å². The Morgan fingerprint density at radius 1 is 1.60 bits per heavy atom. The number of hydrogen-bond acceptors (Lipinski definition) is 3. The van der Waals surface area contributed by atoms with Gasteiger partial charge in [-0.05, 0) is 47.4 Å². The van der Waals surface area contributed by atoms with Crippen LogP contribution in [0.3, 0.4) is 0 Å². The molecule has 0 amide bonds. The van der Waals surface area contributed by atoms with Crippen LogP contribution in [0.1, 0.15) is 23.7 Å². The number of benzene rings is 1. The molecule has 0 aliphatic carbocycles. The van der Waals surface area contributed by atoms with Gasteiger partial charge >= 0.3 is 0 Å². The Bertz CT molecular complexity index is 345. The van der Waals surface area contributed by atoms with Crippen LogP contribution in [0.2, 0.25) is 0 Å². The van der Waals surface area contributed by atoms with Crippen LogP contribution in [-0.2, 0) is 0 Å². The van der Waals surface area contributed by atoms with Crippen LogP contribution in [0, 0.1) is 12.7 Å². The minimum absolute atomic E-state index is 0.130. The second-order valence-electron chi connectivity index (χ2n) is 3.32. The standard InChI is InChI=1S/C10H13BrFNO2/c1-5-7(12)4-6(11)10(15)9(5)8(14)2-3-13/h4,8,14-15H,2-3,13H2,1H3. The molecule has 1 aromatic rings. The summed E-state index contributed by atoms with van der Waals surface area (Å²) in [6, 6.07) is 1.17. The van der Waals surface area contributed by atoms with E-state index in [4.69, 9.17) is 5.73 Å². The van der Waals surface area contributed by atoms with Crippen molar-refractivity contribution in [3.05, 3.63) is 27.5 Å². The molecule has 1 aromatic carbocycles. The maximum atomic E-state index is 13.3. The van der Waals surface area contributed by atoms with Gasteiger partial charge in [-0.1, -0.05) is 0 Å². The lowest BCUT2D eigenvalue weighted by Crippen LogP contribution is -2.09. The molecule has 5 heteroatoms. The maximum Gasteiger partial charge on any atom is 0.136 e. The number of rotatable bonds is 3. The molecule has 0 aliphatic rings. The van der Waals surface area contributed by atoms with Gasteiger partial charge in [0.05, 0.1) is 10.6 Å². The Hall–Kier alpha value is -0.650. The van der Waals surface area contributed by atoms with E-state index in [0.29, 0.717) is 0 Å². The number of hydrogen-bond donors (Lipinski definition) is 3. The molecule has 15 heavy (non-hydrogen) atoms. The average Bonchev–Trinajstić information content (AvgIpc) is 2.16. The number of phenolic OH excluding ortho intramolecular Hbond substituents is 1. The summed E-state index contributed by atoms with van der Waals surface area (Å²) in [5.41, 5.74) is 5.74. The van der Waals surface area contributed by atoms with Crippen LogP contribution < -0.4 is 5.73 Å². The van der Waals surface area contributed by atoms with Crippen molar-refractivity contribution in [2.24, 2.45) is 5.73 Å². The van der Waals surface area contributed by atoms with Gasteiger partial charge in [0.1, 0.15) is 11.6 Å². The van der Waals surface area contributed by atoms with Crippen molar-refractivity contribution >= 4 is 15.9 Å². The first kappa shape index (κ1) is 12.4. The molecule has 0 bridgehead atoms. The van der Waals surface area contributed by atoms with Crippen molar-refractivity contribution in [1.29, 1.82) is 0 Å². The highest BCUT2D eigenvalue weighted by molar-refractivity contribution is 9.10. The Labute approximate surface area is 95.9 Å². The highest BCUT2D eigenvalue weighted by Crippen LogP contribution is 2.36. The summed E-state index contributed by atoms with van der Waals surface area (Å²) >= 11 is 3.02. The second kappa shape index (κ2) is 4.92. The van der Waals surface area contributed by atoms with E-state index >= 15 is 0 Å². The number of phenols is 1. The number of aliphatic hydroxyl groups is 1. The number of nitrogens with two attached hydrogens (primary N) is 1. The second-order valence-corrected chi connectivity index (χ2v) is 4.17. The van der Waals surface area contributed by atoms with Crippen molar-refractivity contribution in [1.82, 2.24) is 0 Å². The molecule has 0 fully saturated rings. The topological polar surface area (TPSA) is 66.5 Å². The zero-order valence-corrected chi connectivity index (χ0v) is 9.88. The van der Waals surface area contributed by atoms with E-state index in [9.17, 15) is 14.6 Å². The van der Waals surface area contributed by atoms with E-state index in [-0.39, 0.29) is 34.3 Å². The molecular weight excluding hydrogens is 265 g/mol. The van der Waals surface area contributed by atoms with E-state index in [1.807, 2.05) is 0 Å². The van der Waals surface area contributed by atoms with Crippen molar-refractivity contribution in [3.63, 3.8) is 0 Å². The Balaban J connectivity index is 3.26. The van der Waals surface area contributed by atoms with Gasteiger partial charge in [-0.3, -0.25) is 0 Å². The lowest BCUT2D eigenvalue weighted by Gasteiger charge is -2.16. The van der Waals surface area contributed by atoms with Crippen LogP contribution in [0.15, 0.2) is 10.5 Å². The first-order valence-electron chi connectivity index (χ1n) is 4.54. The van der Waals surface area contributed by atoms with Crippen molar-refractivity contribution < 1.29 is 14.6 Å². The minimum atomic E-state index is -0.943. The van der Waals surface area contributed by atoms with Gasteiger partial charge < -0.3 is 15.9 Å². The summed E-state index contributed by atoms with van der Waals surface area (Å²) in [5.74, 6) is -0.597. The molecule has 3 nitrogen and oxygen atoms in total. The monoisotopic (exact) mass is 277 g/mol. The summed E-state index contributed by atoms with van der Waals surface area (Å²) < 4.78 is 13.6. The molecule has 1 atom stereocenters. The summed E-state index contributed by atoms with van der Waals surface area (Å²) in [5, 5.41) is 19.4. The van der Waals surface area contributed by atoms with Gasteiger partial charge in [0, 0.05) is 5.56 Å². The molecule has 0 heterocycles. The Kier molecular flexibility index (Phi) is 4.07. The van der Waals surface area contributed by atoms with Gasteiger partial charge in [-0.15, -0.1) is 0 Å². The fourth-order valence-electron chi connectivity index (χ4n) is 1.43. The number of aliphatic hydroxyl groups excluding tert-OH is 1. The summed E-state index contributed by atoms with van der Waals surface area (Å²) in [6.45, 7) is 1.78. The first-order chi connectivity index (χ1) is 6.99. The predicted molar refractivity (Wildman–Crippen MR) is 59.1 cm³/mol. The van der Waals surface area contributed by atoms with Gasteiger partial charge in [0.25, 0.3) is 0 Å². The average molecular weight is 278 g/mol. The lowest BCUT2D eigenvalue weighted by molar-refractivity contribution is 0.165. The Morgan fingerprint density at radius 2 is 2.20 bits per heavy atom. The SMILES string of the molecule is Cc1c(F)cc(Br)c(O)c1C(O)CCN. The van der Waals surface area contributed by atoms with Crippen molar-refractivity contribution in [2.45, 2.75) is 19.4 Å². The molecule has 0 aromatic heterocycles. The highest BCUT2D eigenvalue weighted by Gasteiger charge is 2.19. The van der Waals surface area contributed by atoms with E-state index in [2.05, 4.69) is 15.9 Å². The number of halogens is 2. The van der Waals surface area contributed by atoms with Crippen LogP contribution in [-0.4, -0.2) is 16.8 Å². The lowest BCUT2D eigenvalue weighted by atomic mass is 9.99. The summed E-state index contributed by atoms with van der Waals surface area (Å²) in [7, 11) is 0. The molecule has 1 unspecified atom stereocenters. The number of aromatic hydroxyl groups is 1. The van der Waals surface area contributed by atoms with Crippen LogP contribution >= 0.6 is 15.9 Å². The zero-order chi connectivity index (χ0) is 11.6. The fourth-order valence-corrected chi connectivity index (χ4v) is 1.85. The summed E-state index contributed by atoms with van der Waals surface area (Å²) in [6.07, 6.45) is -0.661.